The van der Waals surface area contributed by atoms with Crippen molar-refractivity contribution in [2.24, 2.45) is 0 Å². The lowest BCUT2D eigenvalue weighted by atomic mass is 9.67. The van der Waals surface area contributed by atoms with Gasteiger partial charge in [0.25, 0.3) is 0 Å². The van der Waals surface area contributed by atoms with E-state index in [1.807, 2.05) is 13.0 Å². The Morgan fingerprint density at radius 2 is 1.23 bits per heavy atom. The minimum atomic E-state index is -1.63. The zero-order chi connectivity index (χ0) is 52.2. The molecule has 5 nitrogen and oxygen atoms in total. The van der Waals surface area contributed by atoms with Gasteiger partial charge in [-0.15, -0.1) is 0 Å². The van der Waals surface area contributed by atoms with Crippen molar-refractivity contribution in [2.75, 3.05) is 28.6 Å². The minimum absolute atomic E-state index is 0.595. The van der Waals surface area contributed by atoms with E-state index >= 15 is 0 Å². The second-order valence-electron chi connectivity index (χ2n) is 21.1. The number of allylic oxidation sites excluding steroid dienone is 4. The summed E-state index contributed by atoms with van der Waals surface area (Å²) in [6, 6.07) is 63.6. The number of aromatic nitrogens is 1. The Morgan fingerprint density at radius 1 is 0.613 bits per heavy atom. The van der Waals surface area contributed by atoms with Crippen LogP contribution in [0.25, 0.3) is 56.3 Å². The summed E-state index contributed by atoms with van der Waals surface area (Å²) in [5.41, 5.74) is 14.4. The molecule has 0 amide bonds. The second kappa shape index (κ2) is 19.3. The van der Waals surface area contributed by atoms with Crippen molar-refractivity contribution in [1.82, 2.24) is 4.98 Å². The Bertz CT molecular complexity index is 3990. The van der Waals surface area contributed by atoms with Gasteiger partial charge in [0.2, 0.25) is 5.71 Å². The van der Waals surface area contributed by atoms with Crippen molar-refractivity contribution in [2.45, 2.75) is 38.9 Å². The maximum atomic E-state index is 7.19. The molecule has 0 N–H and O–H groups in total. The standard InChI is InChI=1S/C68H63N3O2SSi/c1-11-53(74(5,6)7)38-34-46(3)71(50-29-20-15-21-30-50)61-45-60-64(65-58-31-22-23-33-62(58)72-66(61)65)57-41-37-52(44-59(57)68(60,48-25-16-13-17-26-48)49-27-18-14-19-28-49)70(51-35-39-54(40-36-51)75(8,9)10)47(4)43-63-55(12-2)56-32-24-42-69-67(56)73-63/h11-45H,3-4H2,1-2,5-10H3/b38-34-,53-11+,55-12-,63-43+. The molecular weight excluding hydrogens is 951 g/mol. The fourth-order valence-electron chi connectivity index (χ4n) is 11.3. The number of furan rings is 2. The van der Waals surface area contributed by atoms with Crippen molar-refractivity contribution in [3.63, 3.8) is 0 Å². The number of hydrogen-bond donors (Lipinski definition) is 0. The summed E-state index contributed by atoms with van der Waals surface area (Å²) in [6.07, 6.45) is 19.5. The molecule has 3 aromatic heterocycles. The number of rotatable bonds is 13. The van der Waals surface area contributed by atoms with E-state index in [0.717, 1.165) is 100 Å². The molecule has 0 spiro atoms. The normalized spacial score (nSPS) is 14.2. The summed E-state index contributed by atoms with van der Waals surface area (Å²) in [5.74, 6) is 0. The zero-order valence-corrected chi connectivity index (χ0v) is 46.0. The lowest BCUT2D eigenvalue weighted by Gasteiger charge is -2.36. The highest BCUT2D eigenvalue weighted by Gasteiger charge is 2.48. The quantitative estimate of drug-likeness (QED) is 0.0851. The lowest BCUT2D eigenvalue weighted by molar-refractivity contribution is 0.564. The van der Waals surface area contributed by atoms with Gasteiger partial charge in [0.1, 0.15) is 11.0 Å². The van der Waals surface area contributed by atoms with Gasteiger partial charge < -0.3 is 18.6 Å². The minimum Gasteiger partial charge on any atom is -0.454 e. The first-order chi connectivity index (χ1) is 36.2. The fourth-order valence-corrected chi connectivity index (χ4v) is 13.6. The van der Waals surface area contributed by atoms with Gasteiger partial charge >= 0.3 is 0 Å². The Hall–Kier alpha value is -8.10. The number of benzene rings is 7. The van der Waals surface area contributed by atoms with Crippen LogP contribution in [-0.4, -0.2) is 31.8 Å². The molecule has 0 saturated carbocycles. The first-order valence-corrected chi connectivity index (χ1v) is 32.0. The molecule has 1 aliphatic carbocycles. The fraction of sp³-hybridized carbons (Fsp3) is 0.132. The molecule has 372 valence electrons. The maximum absolute atomic E-state index is 7.19. The molecule has 0 fully saturated rings. The van der Waals surface area contributed by atoms with E-state index in [1.54, 1.807) is 6.20 Å². The Balaban J connectivity index is 1.23. The van der Waals surface area contributed by atoms with Gasteiger partial charge in [-0.1, -0.05) is 165 Å². The molecule has 1 aliphatic rings. The molecule has 0 saturated heterocycles. The largest absolute Gasteiger partial charge is 0.454 e. The van der Waals surface area contributed by atoms with Crippen LogP contribution in [0.15, 0.2) is 239 Å². The van der Waals surface area contributed by atoms with Crippen LogP contribution in [0.2, 0.25) is 19.6 Å². The smallest absolute Gasteiger partial charge is 0.227 e. The van der Waals surface area contributed by atoms with E-state index in [0.29, 0.717) is 11.1 Å². The van der Waals surface area contributed by atoms with Crippen LogP contribution < -0.4 is 25.6 Å². The summed E-state index contributed by atoms with van der Waals surface area (Å²) in [5, 5.41) is 5.45. The monoisotopic (exact) mass is 1010 g/mol. The highest BCUT2D eigenvalue weighted by molar-refractivity contribution is 8.35. The number of fused-ring (bicyclic) bond motifs is 8. The maximum Gasteiger partial charge on any atom is 0.227 e. The molecule has 7 aromatic carbocycles. The van der Waals surface area contributed by atoms with Crippen molar-refractivity contribution >= 4 is 91.2 Å². The lowest BCUT2D eigenvalue weighted by Crippen LogP contribution is -2.37. The average molecular weight is 1010 g/mol. The molecule has 3 heterocycles. The topological polar surface area (TPSA) is 45.7 Å². The van der Waals surface area contributed by atoms with Gasteiger partial charge in [-0.25, -0.2) is 15.0 Å². The van der Waals surface area contributed by atoms with Crippen LogP contribution in [0.4, 0.5) is 22.7 Å². The van der Waals surface area contributed by atoms with Crippen molar-refractivity contribution < 1.29 is 8.83 Å². The predicted molar refractivity (Wildman–Crippen MR) is 326 cm³/mol. The highest BCUT2D eigenvalue weighted by Crippen LogP contribution is 2.61. The van der Waals surface area contributed by atoms with Crippen LogP contribution >= 0.6 is 10.0 Å². The van der Waals surface area contributed by atoms with Crippen LogP contribution in [0, 0.1) is 0 Å². The molecule has 11 rings (SSSR count). The first-order valence-electron chi connectivity index (χ1n) is 25.6. The molecule has 75 heavy (non-hydrogen) atoms. The van der Waals surface area contributed by atoms with Gasteiger partial charge in [-0.2, -0.15) is 0 Å². The summed E-state index contributed by atoms with van der Waals surface area (Å²) in [6.45, 7) is 21.0. The first kappa shape index (κ1) is 49.1. The van der Waals surface area contributed by atoms with Gasteiger partial charge in [0.15, 0.2) is 5.58 Å². The van der Waals surface area contributed by atoms with E-state index in [2.05, 4.69) is 260 Å². The van der Waals surface area contributed by atoms with Crippen LogP contribution in [0.1, 0.15) is 36.1 Å². The van der Waals surface area contributed by atoms with Gasteiger partial charge in [0, 0.05) is 62.1 Å². The Morgan fingerprint density at radius 3 is 1.87 bits per heavy atom. The number of pyridine rings is 1. The number of hydrogen-bond acceptors (Lipinski definition) is 5. The van der Waals surface area contributed by atoms with Gasteiger partial charge in [0.05, 0.1) is 19.2 Å². The molecule has 0 unspecified atom stereocenters. The summed E-state index contributed by atoms with van der Waals surface area (Å²) in [7, 11) is -2.65. The van der Waals surface area contributed by atoms with Gasteiger partial charge in [-0.3, -0.25) is 0 Å². The van der Waals surface area contributed by atoms with E-state index in [-0.39, 0.29) is 0 Å². The Kier molecular flexibility index (Phi) is 12.6. The van der Waals surface area contributed by atoms with E-state index in [4.69, 9.17) is 22.0 Å². The predicted octanol–water partition coefficient (Wildman–Crippen LogP) is 16.4. The third-order valence-corrected chi connectivity index (χ3v) is 18.6. The van der Waals surface area contributed by atoms with Crippen LogP contribution in [0.5, 0.6) is 0 Å². The second-order valence-corrected chi connectivity index (χ2v) is 30.4. The molecular formula is C68H63N3O2SSi. The molecule has 0 bridgehead atoms. The van der Waals surface area contributed by atoms with Crippen LogP contribution in [-0.2, 0) is 5.41 Å². The number of nitrogens with zero attached hydrogens (tertiary/aromatic N) is 3. The number of anilines is 4. The third-order valence-electron chi connectivity index (χ3n) is 14.8. The Labute approximate surface area is 443 Å². The number of para-hydroxylation sites is 2. The summed E-state index contributed by atoms with van der Waals surface area (Å²) < 4.78 is 13.7. The summed E-state index contributed by atoms with van der Waals surface area (Å²) in [4.78, 5) is 10.4. The molecule has 7 heteroatoms. The molecule has 0 atom stereocenters. The molecule has 10 aromatic rings. The van der Waals surface area contributed by atoms with E-state index in [1.165, 1.54) is 10.1 Å². The highest BCUT2D eigenvalue weighted by atomic mass is 32.3. The zero-order valence-electron chi connectivity index (χ0n) is 44.2. The van der Waals surface area contributed by atoms with Crippen molar-refractivity contribution in [3.05, 3.63) is 263 Å². The van der Waals surface area contributed by atoms with Crippen LogP contribution in [0.3, 0.4) is 0 Å². The average Bonchev–Trinajstić information content (AvgIpc) is 4.07. The third kappa shape index (κ3) is 8.50. The van der Waals surface area contributed by atoms with Crippen molar-refractivity contribution in [3.8, 4) is 11.1 Å². The van der Waals surface area contributed by atoms with Crippen molar-refractivity contribution in [1.29, 1.82) is 0 Å². The molecule has 0 aliphatic heterocycles. The molecule has 0 radical (unpaired) electrons. The van der Waals surface area contributed by atoms with E-state index < -0.39 is 23.5 Å². The SMILES string of the molecule is C=C(/C=c1/oc2ncccc2/c1=C/C)N(c1ccc([Si](C)(C)C)cc1)c1ccc2c(c1)C(c1ccccc1)(c1ccccc1)c1cc(N(C(=C)/C=C\C(=C/C)S(C)(C)C)c3ccccc3)c3oc4ccccc4c3c1-2. The van der Waals surface area contributed by atoms with Gasteiger partial charge in [-0.05, 0) is 144 Å². The summed E-state index contributed by atoms with van der Waals surface area (Å²) >= 11 is 0. The van der Waals surface area contributed by atoms with E-state index in [9.17, 15) is 0 Å².